The molecular weight excluding hydrogens is 242 g/mol. The van der Waals surface area contributed by atoms with Gasteiger partial charge in [-0.05, 0) is 31.4 Å². The van der Waals surface area contributed by atoms with E-state index in [-0.39, 0.29) is 17.9 Å². The maximum atomic E-state index is 12.5. The van der Waals surface area contributed by atoms with Gasteiger partial charge < -0.3 is 9.80 Å². The zero-order chi connectivity index (χ0) is 13.8. The summed E-state index contributed by atoms with van der Waals surface area (Å²) in [5.74, 6) is -0.107. The van der Waals surface area contributed by atoms with Crippen molar-refractivity contribution in [3.05, 3.63) is 30.1 Å². The van der Waals surface area contributed by atoms with E-state index in [1.807, 2.05) is 0 Å². The van der Waals surface area contributed by atoms with Crippen molar-refractivity contribution < 1.29 is 9.59 Å². The third kappa shape index (κ3) is 2.92. The minimum Gasteiger partial charge on any atom is -0.347 e. The largest absolute Gasteiger partial charge is 0.347 e. The highest BCUT2D eigenvalue weighted by Crippen LogP contribution is 2.20. The molecule has 2 heterocycles. The quantitative estimate of drug-likeness (QED) is 0.803. The van der Waals surface area contributed by atoms with Gasteiger partial charge in [0.1, 0.15) is 6.04 Å². The van der Waals surface area contributed by atoms with Gasteiger partial charge in [0.2, 0.25) is 5.91 Å². The highest BCUT2D eigenvalue weighted by Gasteiger charge is 2.33. The molecule has 0 saturated carbocycles. The second-order valence-corrected chi connectivity index (χ2v) is 4.98. The number of carbonyl (C=O) groups is 2. The van der Waals surface area contributed by atoms with Crippen molar-refractivity contribution >= 4 is 11.8 Å². The van der Waals surface area contributed by atoms with E-state index in [1.54, 1.807) is 48.4 Å². The van der Waals surface area contributed by atoms with Gasteiger partial charge in [-0.15, -0.1) is 0 Å². The predicted molar refractivity (Wildman–Crippen MR) is 71.6 cm³/mol. The monoisotopic (exact) mass is 261 g/mol. The smallest absolute Gasteiger partial charge is 0.256 e. The molecule has 0 N–H and O–H groups in total. The van der Waals surface area contributed by atoms with Gasteiger partial charge in [0.05, 0.1) is 5.56 Å². The molecule has 5 nitrogen and oxygen atoms in total. The van der Waals surface area contributed by atoms with Crippen molar-refractivity contribution in [1.82, 2.24) is 14.8 Å². The number of hydrogen-bond acceptors (Lipinski definition) is 3. The molecule has 0 aliphatic carbocycles. The highest BCUT2D eigenvalue weighted by molar-refractivity contribution is 5.97. The molecule has 0 unspecified atom stereocenters. The van der Waals surface area contributed by atoms with Gasteiger partial charge in [-0.25, -0.2) is 0 Å². The molecule has 1 saturated heterocycles. The van der Waals surface area contributed by atoms with Crippen LogP contribution in [0.3, 0.4) is 0 Å². The second-order valence-electron chi connectivity index (χ2n) is 4.98. The second kappa shape index (κ2) is 5.82. The van der Waals surface area contributed by atoms with Crippen molar-refractivity contribution in [2.75, 3.05) is 20.6 Å². The van der Waals surface area contributed by atoms with E-state index in [4.69, 9.17) is 0 Å². The number of amides is 2. The van der Waals surface area contributed by atoms with Gasteiger partial charge in [0.25, 0.3) is 5.91 Å². The van der Waals surface area contributed by atoms with Gasteiger partial charge in [0.15, 0.2) is 0 Å². The number of nitrogens with zero attached hydrogens (tertiary/aromatic N) is 3. The Kier molecular flexibility index (Phi) is 4.14. The normalized spacial score (nSPS) is 19.1. The first kappa shape index (κ1) is 13.5. The number of pyridine rings is 1. The molecule has 2 rings (SSSR count). The zero-order valence-electron chi connectivity index (χ0n) is 11.4. The predicted octanol–water partition coefficient (Wildman–Crippen LogP) is 1.16. The fraction of sp³-hybridized carbons (Fsp3) is 0.500. The minimum absolute atomic E-state index is 0.00283. The van der Waals surface area contributed by atoms with Crippen LogP contribution in [-0.4, -0.2) is 53.3 Å². The van der Waals surface area contributed by atoms with Crippen molar-refractivity contribution in [3.8, 4) is 0 Å². The van der Waals surface area contributed by atoms with Crippen molar-refractivity contribution in [1.29, 1.82) is 0 Å². The lowest BCUT2D eigenvalue weighted by Crippen LogP contribution is -2.51. The average molecular weight is 261 g/mol. The number of carbonyl (C=O) groups excluding carboxylic acids is 2. The summed E-state index contributed by atoms with van der Waals surface area (Å²) in [7, 11) is 3.45. The van der Waals surface area contributed by atoms with Crippen LogP contribution < -0.4 is 0 Å². The van der Waals surface area contributed by atoms with E-state index in [1.165, 1.54) is 0 Å². The summed E-state index contributed by atoms with van der Waals surface area (Å²) in [6, 6.07) is 3.14. The first-order valence-electron chi connectivity index (χ1n) is 6.53. The summed E-state index contributed by atoms with van der Waals surface area (Å²) in [4.78, 5) is 31.8. The Morgan fingerprint density at radius 2 is 2.16 bits per heavy atom. The van der Waals surface area contributed by atoms with Crippen LogP contribution in [0.1, 0.15) is 29.6 Å². The molecule has 0 spiro atoms. The molecule has 1 aliphatic rings. The summed E-state index contributed by atoms with van der Waals surface area (Å²) >= 11 is 0. The number of hydrogen-bond donors (Lipinski definition) is 0. The third-order valence-electron chi connectivity index (χ3n) is 3.40. The zero-order valence-corrected chi connectivity index (χ0v) is 11.4. The Hall–Kier alpha value is -1.91. The molecule has 0 bridgehead atoms. The van der Waals surface area contributed by atoms with E-state index in [0.717, 1.165) is 19.3 Å². The number of likely N-dealkylation sites (tertiary alicyclic amines) is 1. The maximum Gasteiger partial charge on any atom is 0.256 e. The number of likely N-dealkylation sites (N-methyl/N-ethyl adjacent to an activating group) is 1. The van der Waals surface area contributed by atoms with Crippen LogP contribution in [0.4, 0.5) is 0 Å². The van der Waals surface area contributed by atoms with Crippen LogP contribution in [0.25, 0.3) is 0 Å². The van der Waals surface area contributed by atoms with Crippen LogP contribution in [0.5, 0.6) is 0 Å². The molecular formula is C14H19N3O2. The molecule has 1 aromatic rings. The van der Waals surface area contributed by atoms with Crippen molar-refractivity contribution in [2.45, 2.75) is 25.3 Å². The fourth-order valence-electron chi connectivity index (χ4n) is 2.38. The molecule has 1 aliphatic heterocycles. The Labute approximate surface area is 113 Å². The van der Waals surface area contributed by atoms with Crippen LogP contribution in [-0.2, 0) is 4.79 Å². The van der Waals surface area contributed by atoms with Crippen LogP contribution in [0, 0.1) is 0 Å². The summed E-state index contributed by atoms with van der Waals surface area (Å²) in [5, 5.41) is 0. The van der Waals surface area contributed by atoms with Crippen LogP contribution in [0.15, 0.2) is 24.5 Å². The Morgan fingerprint density at radius 3 is 2.79 bits per heavy atom. The number of aromatic nitrogens is 1. The first-order chi connectivity index (χ1) is 9.11. The van der Waals surface area contributed by atoms with E-state index < -0.39 is 0 Å². The van der Waals surface area contributed by atoms with E-state index in [9.17, 15) is 9.59 Å². The lowest BCUT2D eigenvalue weighted by atomic mass is 10.00. The molecule has 1 aromatic heterocycles. The first-order valence-corrected chi connectivity index (χ1v) is 6.53. The van der Waals surface area contributed by atoms with Crippen molar-refractivity contribution in [3.63, 3.8) is 0 Å². The molecule has 0 aromatic carbocycles. The lowest BCUT2D eigenvalue weighted by Gasteiger charge is -2.36. The van der Waals surface area contributed by atoms with E-state index >= 15 is 0 Å². The molecule has 1 atom stereocenters. The minimum atomic E-state index is -0.337. The van der Waals surface area contributed by atoms with Gasteiger partial charge >= 0.3 is 0 Å². The topological polar surface area (TPSA) is 53.5 Å². The molecule has 19 heavy (non-hydrogen) atoms. The maximum absolute atomic E-state index is 12.5. The molecule has 5 heteroatoms. The standard InChI is InChI=1S/C14H19N3O2/c1-16(2)14(19)12-7-3-4-9-17(12)13(18)11-6-5-8-15-10-11/h5-6,8,10,12H,3-4,7,9H2,1-2H3/t12-/m0/s1. The summed E-state index contributed by atoms with van der Waals surface area (Å²) in [6.45, 7) is 0.637. The number of rotatable bonds is 2. The van der Waals surface area contributed by atoms with Gasteiger partial charge in [-0.1, -0.05) is 0 Å². The Bertz CT molecular complexity index is 459. The van der Waals surface area contributed by atoms with Crippen LogP contribution in [0.2, 0.25) is 0 Å². The lowest BCUT2D eigenvalue weighted by molar-refractivity contribution is -0.134. The summed E-state index contributed by atoms with van der Waals surface area (Å²) < 4.78 is 0. The Morgan fingerprint density at radius 1 is 1.37 bits per heavy atom. The average Bonchev–Trinajstić information content (AvgIpc) is 2.46. The van der Waals surface area contributed by atoms with Crippen molar-refractivity contribution in [2.24, 2.45) is 0 Å². The summed E-state index contributed by atoms with van der Waals surface area (Å²) in [6.07, 6.45) is 5.86. The Balaban J connectivity index is 2.20. The molecule has 2 amide bonds. The highest BCUT2D eigenvalue weighted by atomic mass is 16.2. The molecule has 0 radical (unpaired) electrons. The SMILES string of the molecule is CN(C)C(=O)[C@@H]1CCCCN1C(=O)c1cccnc1. The van der Waals surface area contributed by atoms with Gasteiger partial charge in [-0.3, -0.25) is 14.6 Å². The molecule has 1 fully saturated rings. The fourth-order valence-corrected chi connectivity index (χ4v) is 2.38. The van der Waals surface area contributed by atoms with E-state index in [0.29, 0.717) is 12.1 Å². The third-order valence-corrected chi connectivity index (χ3v) is 3.40. The van der Waals surface area contributed by atoms with Crippen LogP contribution >= 0.6 is 0 Å². The van der Waals surface area contributed by atoms with E-state index in [2.05, 4.69) is 4.98 Å². The summed E-state index contributed by atoms with van der Waals surface area (Å²) in [5.41, 5.74) is 0.543. The van der Waals surface area contributed by atoms with Gasteiger partial charge in [0, 0.05) is 33.0 Å². The van der Waals surface area contributed by atoms with Gasteiger partial charge in [-0.2, -0.15) is 0 Å². The molecule has 102 valence electrons. The number of piperidine rings is 1.